The van der Waals surface area contributed by atoms with E-state index < -0.39 is 6.09 Å². The molecule has 1 aliphatic rings. The second-order valence-corrected chi connectivity index (χ2v) is 5.19. The van der Waals surface area contributed by atoms with E-state index in [4.69, 9.17) is 9.47 Å². The zero-order valence-corrected chi connectivity index (χ0v) is 13.5. The fourth-order valence-electron chi connectivity index (χ4n) is 2.25. The van der Waals surface area contributed by atoms with E-state index in [-0.39, 0.29) is 12.8 Å². The van der Waals surface area contributed by atoms with Gasteiger partial charge in [0.05, 0.1) is 7.11 Å². The Kier molecular flexibility index (Phi) is 4.89. The minimum absolute atomic E-state index is 0.211. The van der Waals surface area contributed by atoms with E-state index in [9.17, 15) is 9.59 Å². The maximum absolute atomic E-state index is 12.0. The van der Waals surface area contributed by atoms with Crippen LogP contribution in [-0.2, 0) is 11.3 Å². The first kappa shape index (κ1) is 16.4. The molecule has 8 nitrogen and oxygen atoms in total. The van der Waals surface area contributed by atoms with Crippen LogP contribution in [0.2, 0.25) is 0 Å². The highest BCUT2D eigenvalue weighted by Gasteiger charge is 2.13. The molecule has 0 bridgehead atoms. The van der Waals surface area contributed by atoms with Crippen LogP contribution in [0.5, 0.6) is 11.5 Å². The molecule has 0 atom stereocenters. The second-order valence-electron chi connectivity index (χ2n) is 5.19. The predicted octanol–water partition coefficient (Wildman–Crippen LogP) is 2.92. The molecule has 0 saturated heterocycles. The third-order valence-corrected chi connectivity index (χ3v) is 3.44. The molecule has 130 valence electrons. The van der Waals surface area contributed by atoms with Gasteiger partial charge in [0.15, 0.2) is 11.5 Å². The number of fused-ring (bicyclic) bond motifs is 1. The third-order valence-electron chi connectivity index (χ3n) is 3.44. The highest BCUT2D eigenvalue weighted by Crippen LogP contribution is 2.32. The van der Waals surface area contributed by atoms with E-state index >= 15 is 0 Å². The lowest BCUT2D eigenvalue weighted by atomic mass is 10.2. The van der Waals surface area contributed by atoms with Gasteiger partial charge in [-0.2, -0.15) is 0 Å². The van der Waals surface area contributed by atoms with Gasteiger partial charge in [-0.05, 0) is 35.9 Å². The molecular formula is C17H17N3O5. The van der Waals surface area contributed by atoms with Gasteiger partial charge < -0.3 is 24.8 Å². The molecule has 0 fully saturated rings. The Morgan fingerprint density at radius 1 is 1.04 bits per heavy atom. The minimum Gasteiger partial charge on any atom is -0.454 e. The lowest BCUT2D eigenvalue weighted by Gasteiger charge is -2.10. The molecule has 1 aliphatic heterocycles. The van der Waals surface area contributed by atoms with Crippen LogP contribution in [0.15, 0.2) is 42.5 Å². The zero-order valence-electron chi connectivity index (χ0n) is 13.5. The SMILES string of the molecule is COC(=O)Nc1cccc(NC(=O)NCc2ccc3c(c2)OCO3)c1. The standard InChI is InChI=1S/C17H17N3O5/c1-23-17(22)20-13-4-2-3-12(8-13)19-16(21)18-9-11-5-6-14-15(7-11)25-10-24-14/h2-8H,9-10H2,1H3,(H,20,22)(H2,18,19,21). The molecule has 0 radical (unpaired) electrons. The van der Waals surface area contributed by atoms with Crippen molar-refractivity contribution >= 4 is 23.5 Å². The first-order valence-corrected chi connectivity index (χ1v) is 7.52. The molecule has 3 N–H and O–H groups in total. The van der Waals surface area contributed by atoms with E-state index in [1.165, 1.54) is 7.11 Å². The molecule has 0 aromatic heterocycles. The van der Waals surface area contributed by atoms with E-state index in [2.05, 4.69) is 20.7 Å². The van der Waals surface area contributed by atoms with Gasteiger partial charge in [-0.25, -0.2) is 9.59 Å². The average molecular weight is 343 g/mol. The summed E-state index contributed by atoms with van der Waals surface area (Å²) >= 11 is 0. The second kappa shape index (κ2) is 7.43. The summed E-state index contributed by atoms with van der Waals surface area (Å²) < 4.78 is 15.1. The fraction of sp³-hybridized carbons (Fsp3) is 0.176. The number of carbonyl (C=O) groups excluding carboxylic acids is 2. The largest absolute Gasteiger partial charge is 0.454 e. The molecule has 1 heterocycles. The predicted molar refractivity (Wildman–Crippen MR) is 90.9 cm³/mol. The number of hydrogen-bond donors (Lipinski definition) is 3. The van der Waals surface area contributed by atoms with Gasteiger partial charge in [-0.3, -0.25) is 5.32 Å². The number of ether oxygens (including phenoxy) is 3. The van der Waals surface area contributed by atoms with Crippen molar-refractivity contribution in [1.29, 1.82) is 0 Å². The number of methoxy groups -OCH3 is 1. The van der Waals surface area contributed by atoms with Crippen molar-refractivity contribution in [2.45, 2.75) is 6.54 Å². The summed E-state index contributed by atoms with van der Waals surface area (Å²) in [4.78, 5) is 23.2. The van der Waals surface area contributed by atoms with E-state index in [0.717, 1.165) is 5.56 Å². The molecule has 2 aromatic rings. The smallest absolute Gasteiger partial charge is 0.411 e. The molecule has 3 amide bonds. The van der Waals surface area contributed by atoms with Crippen molar-refractivity contribution in [3.8, 4) is 11.5 Å². The Balaban J connectivity index is 1.54. The average Bonchev–Trinajstić information content (AvgIpc) is 3.08. The Morgan fingerprint density at radius 2 is 1.80 bits per heavy atom. The first-order valence-electron chi connectivity index (χ1n) is 7.52. The van der Waals surface area contributed by atoms with Gasteiger partial charge in [-0.15, -0.1) is 0 Å². The Hall–Kier alpha value is -3.42. The quantitative estimate of drug-likeness (QED) is 0.793. The molecule has 0 saturated carbocycles. The van der Waals surface area contributed by atoms with Crippen LogP contribution in [0.25, 0.3) is 0 Å². The van der Waals surface area contributed by atoms with Gasteiger partial charge in [-0.1, -0.05) is 12.1 Å². The fourth-order valence-corrected chi connectivity index (χ4v) is 2.25. The van der Waals surface area contributed by atoms with Crippen LogP contribution in [-0.4, -0.2) is 26.0 Å². The van der Waals surface area contributed by atoms with Crippen LogP contribution in [0, 0.1) is 0 Å². The highest BCUT2D eigenvalue weighted by molar-refractivity contribution is 5.91. The van der Waals surface area contributed by atoms with Crippen LogP contribution in [0.1, 0.15) is 5.56 Å². The van der Waals surface area contributed by atoms with Crippen LogP contribution in [0.3, 0.4) is 0 Å². The zero-order chi connectivity index (χ0) is 17.6. The van der Waals surface area contributed by atoms with Crippen LogP contribution >= 0.6 is 0 Å². The Bertz CT molecular complexity index is 794. The van der Waals surface area contributed by atoms with Gasteiger partial charge in [0, 0.05) is 17.9 Å². The summed E-state index contributed by atoms with van der Waals surface area (Å²) in [5.74, 6) is 1.37. The molecule has 0 aliphatic carbocycles. The lowest BCUT2D eigenvalue weighted by molar-refractivity contribution is 0.174. The summed E-state index contributed by atoms with van der Waals surface area (Å²) in [6.07, 6.45) is -0.579. The number of nitrogens with one attached hydrogen (secondary N) is 3. The third kappa shape index (κ3) is 4.31. The normalized spacial score (nSPS) is 11.6. The topological polar surface area (TPSA) is 97.9 Å². The van der Waals surface area contributed by atoms with Crippen molar-refractivity contribution in [3.05, 3.63) is 48.0 Å². The van der Waals surface area contributed by atoms with Crippen molar-refractivity contribution in [1.82, 2.24) is 5.32 Å². The number of carbonyl (C=O) groups is 2. The maximum atomic E-state index is 12.0. The van der Waals surface area contributed by atoms with Gasteiger partial charge in [0.1, 0.15) is 0 Å². The number of anilines is 2. The summed E-state index contributed by atoms with van der Waals surface area (Å²) in [6.45, 7) is 0.547. The molecule has 0 spiro atoms. The molecule has 8 heteroatoms. The first-order chi connectivity index (χ1) is 12.1. The van der Waals surface area contributed by atoms with E-state index in [1.54, 1.807) is 30.3 Å². The van der Waals surface area contributed by atoms with Crippen LogP contribution < -0.4 is 25.4 Å². The van der Waals surface area contributed by atoms with Crippen molar-refractivity contribution in [3.63, 3.8) is 0 Å². The monoisotopic (exact) mass is 343 g/mol. The minimum atomic E-state index is -0.579. The van der Waals surface area contributed by atoms with Gasteiger partial charge in [0.25, 0.3) is 0 Å². The highest BCUT2D eigenvalue weighted by atomic mass is 16.7. The number of hydrogen-bond acceptors (Lipinski definition) is 5. The molecular weight excluding hydrogens is 326 g/mol. The number of urea groups is 1. The molecule has 3 rings (SSSR count). The van der Waals surface area contributed by atoms with Gasteiger partial charge >= 0.3 is 12.1 Å². The van der Waals surface area contributed by atoms with Crippen molar-refractivity contribution in [2.75, 3.05) is 24.5 Å². The summed E-state index contributed by atoms with van der Waals surface area (Å²) in [6, 6.07) is 11.8. The summed E-state index contributed by atoms with van der Waals surface area (Å²) in [5, 5.41) is 7.98. The van der Waals surface area contributed by atoms with Crippen molar-refractivity contribution in [2.24, 2.45) is 0 Å². The molecule has 2 aromatic carbocycles. The lowest BCUT2D eigenvalue weighted by Crippen LogP contribution is -2.28. The van der Waals surface area contributed by atoms with Gasteiger partial charge in [0.2, 0.25) is 6.79 Å². The number of rotatable bonds is 4. The summed E-state index contributed by atoms with van der Waals surface area (Å²) in [5.41, 5.74) is 1.94. The number of amides is 3. The number of benzene rings is 2. The summed E-state index contributed by atoms with van der Waals surface area (Å²) in [7, 11) is 1.28. The Labute approximate surface area is 144 Å². The van der Waals surface area contributed by atoms with Crippen molar-refractivity contribution < 1.29 is 23.8 Å². The molecule has 0 unspecified atom stereocenters. The van der Waals surface area contributed by atoms with E-state index in [0.29, 0.717) is 29.4 Å². The van der Waals surface area contributed by atoms with Crippen LogP contribution in [0.4, 0.5) is 21.0 Å². The maximum Gasteiger partial charge on any atom is 0.411 e. The molecule has 25 heavy (non-hydrogen) atoms. The Morgan fingerprint density at radius 3 is 2.60 bits per heavy atom. The van der Waals surface area contributed by atoms with E-state index in [1.807, 2.05) is 12.1 Å².